The molecule has 246 valence electrons. The molecule has 4 rings (SSSR count). The summed E-state index contributed by atoms with van der Waals surface area (Å²) < 4.78 is 32.8. The van der Waals surface area contributed by atoms with E-state index in [0.29, 0.717) is 0 Å². The van der Waals surface area contributed by atoms with Crippen molar-refractivity contribution >= 4 is 0 Å². The van der Waals surface area contributed by atoms with E-state index in [1.165, 1.54) is 6.92 Å². The highest BCUT2D eigenvalue weighted by Crippen LogP contribution is 2.34. The third-order valence-electron chi connectivity index (χ3n) is 8.24. The minimum atomic E-state index is -1.84. The van der Waals surface area contributed by atoms with Crippen LogP contribution in [0.1, 0.15) is 19.8 Å². The zero-order valence-corrected chi connectivity index (χ0v) is 22.6. The lowest BCUT2D eigenvalue weighted by molar-refractivity contribution is -0.367. The van der Waals surface area contributed by atoms with Gasteiger partial charge in [0.1, 0.15) is 79.4 Å². The fourth-order valence-corrected chi connectivity index (χ4v) is 5.66. The van der Waals surface area contributed by atoms with Crippen LogP contribution in [0.3, 0.4) is 0 Å². The third kappa shape index (κ3) is 6.76. The molecule has 0 radical (unpaired) electrons. The first-order valence-corrected chi connectivity index (χ1v) is 13.8. The van der Waals surface area contributed by atoms with Crippen molar-refractivity contribution in [2.75, 3.05) is 13.2 Å². The molecule has 0 aromatic carbocycles. The Kier molecular flexibility index (Phi) is 11.5. The van der Waals surface area contributed by atoms with Gasteiger partial charge in [-0.2, -0.15) is 0 Å². The summed E-state index contributed by atoms with van der Waals surface area (Å²) in [6.07, 6.45) is -28.7. The van der Waals surface area contributed by atoms with Crippen molar-refractivity contribution in [3.63, 3.8) is 0 Å². The molecule has 0 unspecified atom stereocenters. The summed E-state index contributed by atoms with van der Waals surface area (Å²) in [5.74, 6) is 0. The maximum Gasteiger partial charge on any atom is 0.187 e. The highest BCUT2D eigenvalue weighted by Gasteiger charge is 2.52. The second kappa shape index (κ2) is 14.1. The van der Waals surface area contributed by atoms with Crippen molar-refractivity contribution in [2.24, 2.45) is 0 Å². The minimum absolute atomic E-state index is 0.0311. The number of aliphatic hydroxyl groups is 12. The first kappa shape index (κ1) is 34.2. The molecule has 0 amide bonds. The van der Waals surface area contributed by atoms with Gasteiger partial charge in [0, 0.05) is 0 Å². The van der Waals surface area contributed by atoms with Crippen molar-refractivity contribution in [1.29, 1.82) is 0 Å². The number of aliphatic hydroxyl groups excluding tert-OH is 12. The number of rotatable bonds is 8. The van der Waals surface area contributed by atoms with Crippen LogP contribution in [0.2, 0.25) is 0 Å². The van der Waals surface area contributed by atoms with E-state index in [9.17, 15) is 61.3 Å². The maximum absolute atomic E-state index is 10.8. The highest BCUT2D eigenvalue weighted by molar-refractivity contribution is 4.97. The van der Waals surface area contributed by atoms with E-state index >= 15 is 0 Å². The van der Waals surface area contributed by atoms with Gasteiger partial charge in [-0.3, -0.25) is 0 Å². The number of hydrogen-bond donors (Lipinski definition) is 12. The van der Waals surface area contributed by atoms with E-state index in [2.05, 4.69) is 0 Å². The van der Waals surface area contributed by atoms with Gasteiger partial charge in [-0.15, -0.1) is 0 Å². The summed E-state index contributed by atoms with van der Waals surface area (Å²) in [5.41, 5.74) is 0. The Bertz CT molecular complexity index is 850. The summed E-state index contributed by atoms with van der Waals surface area (Å²) in [7, 11) is 0. The zero-order valence-electron chi connectivity index (χ0n) is 22.6. The van der Waals surface area contributed by atoms with Gasteiger partial charge in [0.2, 0.25) is 0 Å². The molecule has 0 bridgehead atoms. The molecule has 19 atom stereocenters. The average molecular weight is 619 g/mol. The van der Waals surface area contributed by atoms with Gasteiger partial charge in [0.15, 0.2) is 18.9 Å². The molecule has 3 heterocycles. The summed E-state index contributed by atoms with van der Waals surface area (Å²) in [5, 5.41) is 122. The van der Waals surface area contributed by atoms with Crippen molar-refractivity contribution in [2.45, 2.75) is 136 Å². The summed E-state index contributed by atoms with van der Waals surface area (Å²) >= 11 is 0. The Hall–Kier alpha value is -0.720. The topological polar surface area (TPSA) is 298 Å². The summed E-state index contributed by atoms with van der Waals surface area (Å²) in [6, 6.07) is 0. The van der Waals surface area contributed by atoms with Crippen LogP contribution in [0.4, 0.5) is 0 Å². The molecule has 0 aromatic rings. The average Bonchev–Trinajstić information content (AvgIpc) is 2.97. The van der Waals surface area contributed by atoms with E-state index in [0.717, 1.165) is 0 Å². The van der Waals surface area contributed by atoms with E-state index in [1.807, 2.05) is 0 Å². The first-order chi connectivity index (χ1) is 19.8. The van der Waals surface area contributed by atoms with Crippen LogP contribution >= 0.6 is 0 Å². The van der Waals surface area contributed by atoms with Gasteiger partial charge < -0.3 is 89.7 Å². The predicted molar refractivity (Wildman–Crippen MR) is 130 cm³/mol. The predicted octanol–water partition coefficient (Wildman–Crippen LogP) is -7.28. The summed E-state index contributed by atoms with van der Waals surface area (Å²) in [6.45, 7) is -0.0428. The third-order valence-corrected chi connectivity index (χ3v) is 8.24. The second-order valence-corrected chi connectivity index (χ2v) is 11.1. The number of ether oxygens (including phenoxy) is 6. The van der Waals surface area contributed by atoms with Crippen LogP contribution in [-0.4, -0.2) is 191 Å². The van der Waals surface area contributed by atoms with Gasteiger partial charge in [-0.25, -0.2) is 0 Å². The molecule has 4 aliphatic rings. The first-order valence-electron chi connectivity index (χ1n) is 13.8. The fourth-order valence-electron chi connectivity index (χ4n) is 5.66. The maximum atomic E-state index is 10.8. The molecule has 1 saturated carbocycles. The van der Waals surface area contributed by atoms with Crippen molar-refractivity contribution in [1.82, 2.24) is 0 Å². The van der Waals surface area contributed by atoms with E-state index in [-0.39, 0.29) is 12.8 Å². The van der Waals surface area contributed by atoms with E-state index < -0.39 is 130 Å². The monoisotopic (exact) mass is 618 g/mol. The fraction of sp³-hybridized carbons (Fsp3) is 1.00. The molecular weight excluding hydrogens is 576 g/mol. The molecule has 4 fully saturated rings. The Labute approximate surface area is 239 Å². The summed E-state index contributed by atoms with van der Waals surface area (Å²) in [4.78, 5) is 0. The Morgan fingerprint density at radius 1 is 0.500 bits per heavy atom. The van der Waals surface area contributed by atoms with Gasteiger partial charge in [-0.1, -0.05) is 0 Å². The zero-order chi connectivity index (χ0) is 31.0. The Morgan fingerprint density at radius 3 is 1.60 bits per heavy atom. The van der Waals surface area contributed by atoms with Crippen LogP contribution in [0, 0.1) is 0 Å². The van der Waals surface area contributed by atoms with Gasteiger partial charge in [0.05, 0.1) is 31.5 Å². The van der Waals surface area contributed by atoms with Crippen LogP contribution in [0.15, 0.2) is 0 Å². The van der Waals surface area contributed by atoms with Gasteiger partial charge in [-0.05, 0) is 19.8 Å². The normalized spacial score (nSPS) is 54.1. The van der Waals surface area contributed by atoms with Crippen LogP contribution in [0.25, 0.3) is 0 Å². The quantitative estimate of drug-likeness (QED) is 0.120. The lowest BCUT2D eigenvalue weighted by atomic mass is 9.88. The van der Waals surface area contributed by atoms with Gasteiger partial charge in [0.25, 0.3) is 0 Å². The second-order valence-electron chi connectivity index (χ2n) is 11.1. The highest BCUT2D eigenvalue weighted by atomic mass is 16.7. The lowest BCUT2D eigenvalue weighted by Crippen LogP contribution is -2.65. The molecule has 3 aliphatic heterocycles. The molecular formula is C24H42O18. The van der Waals surface area contributed by atoms with E-state index in [1.54, 1.807) is 0 Å². The molecule has 3 saturated heterocycles. The Morgan fingerprint density at radius 2 is 1.00 bits per heavy atom. The van der Waals surface area contributed by atoms with Crippen LogP contribution in [-0.2, 0) is 28.4 Å². The Balaban J connectivity index is 1.36. The minimum Gasteiger partial charge on any atom is -0.394 e. The molecule has 12 N–H and O–H groups in total. The van der Waals surface area contributed by atoms with Crippen molar-refractivity contribution in [3.8, 4) is 0 Å². The van der Waals surface area contributed by atoms with Crippen molar-refractivity contribution in [3.05, 3.63) is 0 Å². The molecule has 18 heteroatoms. The van der Waals surface area contributed by atoms with Crippen LogP contribution in [0.5, 0.6) is 0 Å². The SMILES string of the molecule is C[C@@H]1O[C@H](O)[C@H](O)[C@H](O)[C@H]1O[C@@H]1CC[C@@H](O[C@H]2O[C@@H](CO)[C@H](O[C@@H]3O[C@H](CO)[C@H](O)[C@@H](O)[C@@H]3O)[C@@H](O)[C@@H]2O)[C@H](O)[C@@H]1O. The number of hydrogen-bond acceptors (Lipinski definition) is 18. The largest absolute Gasteiger partial charge is 0.394 e. The van der Waals surface area contributed by atoms with Gasteiger partial charge >= 0.3 is 0 Å². The standard InChI is InChI=1S/C24H42O18/c1-6-20(15(31)17(33)22(36)37-6)38-7-2-3-8(12(28)11(7)27)39-23-19(35)16(32)21(10(5-26)41-23)42-24-18(34)14(30)13(29)9(4-25)40-24/h6-36H,2-5H2,1H3/t6-,7+,8+,9+,10-,11+,12-,13-,14+,15-,16-,17+,18-,19-,20-,21-,22-,23-,24-/m0/s1. The van der Waals surface area contributed by atoms with E-state index in [4.69, 9.17) is 28.4 Å². The lowest BCUT2D eigenvalue weighted by Gasteiger charge is -2.47. The smallest absolute Gasteiger partial charge is 0.187 e. The molecule has 0 aromatic heterocycles. The molecule has 1 aliphatic carbocycles. The molecule has 0 spiro atoms. The molecule has 18 nitrogen and oxygen atoms in total. The molecule has 42 heavy (non-hydrogen) atoms. The van der Waals surface area contributed by atoms with Crippen molar-refractivity contribution < 1.29 is 89.7 Å². The van der Waals surface area contributed by atoms with Crippen LogP contribution < -0.4 is 0 Å².